The van der Waals surface area contributed by atoms with Crippen molar-refractivity contribution >= 4 is 5.97 Å². The lowest BCUT2D eigenvalue weighted by atomic mass is 9.80. The van der Waals surface area contributed by atoms with Crippen molar-refractivity contribution in [3.63, 3.8) is 0 Å². The summed E-state index contributed by atoms with van der Waals surface area (Å²) < 4.78 is 36.8. The average Bonchev–Trinajstić information content (AvgIpc) is 2.16. The normalized spacial score (nSPS) is 21.1. The standard InChI is InChI=1S/C10H16F3NO2/c1-14(7-10(11,12)13)9(8(15)16)5-3-2-4-6-9/h2-7H2,1H3,(H,15,16). The number of carboxylic acids is 1. The number of nitrogens with zero attached hydrogens (tertiary/aromatic N) is 1. The molecule has 6 heteroatoms. The van der Waals surface area contributed by atoms with Gasteiger partial charge in [-0.05, 0) is 19.9 Å². The molecule has 1 aliphatic carbocycles. The second-order valence-corrected chi connectivity index (χ2v) is 4.37. The molecule has 0 aromatic rings. The molecular formula is C10H16F3NO2. The van der Waals surface area contributed by atoms with Crippen LogP contribution in [0.2, 0.25) is 0 Å². The van der Waals surface area contributed by atoms with Gasteiger partial charge in [-0.15, -0.1) is 0 Å². The van der Waals surface area contributed by atoms with Gasteiger partial charge in [0, 0.05) is 0 Å². The summed E-state index contributed by atoms with van der Waals surface area (Å²) in [6.07, 6.45) is -1.50. The maximum absolute atomic E-state index is 12.3. The van der Waals surface area contributed by atoms with Crippen LogP contribution in [0.3, 0.4) is 0 Å². The monoisotopic (exact) mass is 239 g/mol. The smallest absolute Gasteiger partial charge is 0.401 e. The molecule has 0 aromatic heterocycles. The molecule has 16 heavy (non-hydrogen) atoms. The van der Waals surface area contributed by atoms with Gasteiger partial charge in [0.1, 0.15) is 5.54 Å². The van der Waals surface area contributed by atoms with Crippen LogP contribution in [0.4, 0.5) is 13.2 Å². The summed E-state index contributed by atoms with van der Waals surface area (Å²) in [7, 11) is 1.24. The van der Waals surface area contributed by atoms with Gasteiger partial charge in [0.05, 0.1) is 6.54 Å². The van der Waals surface area contributed by atoms with Crippen LogP contribution in [0.1, 0.15) is 32.1 Å². The largest absolute Gasteiger partial charge is 0.480 e. The number of halogens is 3. The molecule has 1 fully saturated rings. The molecule has 1 N–H and O–H groups in total. The van der Waals surface area contributed by atoms with E-state index in [1.54, 1.807) is 0 Å². The molecule has 0 bridgehead atoms. The van der Waals surface area contributed by atoms with Crippen molar-refractivity contribution in [2.75, 3.05) is 13.6 Å². The van der Waals surface area contributed by atoms with Gasteiger partial charge in [-0.1, -0.05) is 19.3 Å². The Hall–Kier alpha value is -0.780. The molecule has 1 rings (SSSR count). The van der Waals surface area contributed by atoms with Gasteiger partial charge in [0.2, 0.25) is 0 Å². The minimum atomic E-state index is -4.35. The van der Waals surface area contributed by atoms with Crippen LogP contribution in [0.15, 0.2) is 0 Å². The van der Waals surface area contributed by atoms with E-state index in [1.165, 1.54) is 7.05 Å². The summed E-state index contributed by atoms with van der Waals surface area (Å²) in [4.78, 5) is 12.1. The summed E-state index contributed by atoms with van der Waals surface area (Å²) in [5.41, 5.74) is -1.33. The Labute approximate surface area is 92.2 Å². The Morgan fingerprint density at radius 1 is 1.31 bits per heavy atom. The number of carboxylic acid groups (broad SMARTS) is 1. The number of aliphatic carboxylic acids is 1. The fourth-order valence-electron chi connectivity index (χ4n) is 2.32. The first kappa shape index (κ1) is 13.3. The minimum absolute atomic E-state index is 0.301. The third-order valence-corrected chi connectivity index (χ3v) is 3.23. The van der Waals surface area contributed by atoms with E-state index in [-0.39, 0.29) is 0 Å². The highest BCUT2D eigenvalue weighted by Gasteiger charge is 2.46. The number of hydrogen-bond acceptors (Lipinski definition) is 2. The maximum Gasteiger partial charge on any atom is 0.401 e. The molecule has 94 valence electrons. The molecule has 0 aliphatic heterocycles. The Balaban J connectivity index is 2.80. The van der Waals surface area contributed by atoms with E-state index in [0.29, 0.717) is 25.7 Å². The van der Waals surface area contributed by atoms with Gasteiger partial charge in [0.25, 0.3) is 0 Å². The Morgan fingerprint density at radius 3 is 2.19 bits per heavy atom. The van der Waals surface area contributed by atoms with Crippen LogP contribution in [-0.4, -0.2) is 41.3 Å². The van der Waals surface area contributed by atoms with Crippen LogP contribution in [0, 0.1) is 0 Å². The molecule has 0 amide bonds. The second kappa shape index (κ2) is 4.61. The third-order valence-electron chi connectivity index (χ3n) is 3.23. The van der Waals surface area contributed by atoms with E-state index in [2.05, 4.69) is 0 Å². The van der Waals surface area contributed by atoms with Crippen molar-refractivity contribution in [3.05, 3.63) is 0 Å². The molecule has 3 nitrogen and oxygen atoms in total. The summed E-state index contributed by atoms with van der Waals surface area (Å²) in [6, 6.07) is 0. The molecule has 0 radical (unpaired) electrons. The van der Waals surface area contributed by atoms with E-state index in [9.17, 15) is 18.0 Å². The quantitative estimate of drug-likeness (QED) is 0.821. The van der Waals surface area contributed by atoms with E-state index < -0.39 is 24.2 Å². The molecule has 0 heterocycles. The zero-order valence-electron chi connectivity index (χ0n) is 9.18. The van der Waals surface area contributed by atoms with Crippen LogP contribution >= 0.6 is 0 Å². The zero-order valence-corrected chi connectivity index (χ0v) is 9.18. The van der Waals surface area contributed by atoms with Crippen molar-refractivity contribution in [2.45, 2.75) is 43.8 Å². The van der Waals surface area contributed by atoms with E-state index >= 15 is 0 Å². The topological polar surface area (TPSA) is 40.5 Å². The minimum Gasteiger partial charge on any atom is -0.480 e. The third kappa shape index (κ3) is 2.87. The van der Waals surface area contributed by atoms with Crippen molar-refractivity contribution in [1.82, 2.24) is 4.90 Å². The van der Waals surface area contributed by atoms with Gasteiger partial charge in [-0.2, -0.15) is 13.2 Å². The van der Waals surface area contributed by atoms with Gasteiger partial charge in [-0.25, -0.2) is 0 Å². The molecule has 1 saturated carbocycles. The zero-order chi connectivity index (χ0) is 12.4. The van der Waals surface area contributed by atoms with Crippen molar-refractivity contribution in [2.24, 2.45) is 0 Å². The Morgan fingerprint density at radius 2 is 1.81 bits per heavy atom. The van der Waals surface area contributed by atoms with Crippen LogP contribution in [-0.2, 0) is 4.79 Å². The number of hydrogen-bond donors (Lipinski definition) is 1. The number of alkyl halides is 3. The van der Waals surface area contributed by atoms with Crippen LogP contribution in [0.5, 0.6) is 0 Å². The molecule has 0 saturated heterocycles. The lowest BCUT2D eigenvalue weighted by molar-refractivity contribution is -0.173. The van der Waals surface area contributed by atoms with Gasteiger partial charge in [-0.3, -0.25) is 9.69 Å². The second-order valence-electron chi connectivity index (χ2n) is 4.37. The number of carbonyl (C=O) groups is 1. The number of likely N-dealkylation sites (N-methyl/N-ethyl adjacent to an activating group) is 1. The summed E-state index contributed by atoms with van der Waals surface area (Å²) >= 11 is 0. The first-order valence-electron chi connectivity index (χ1n) is 5.29. The molecular weight excluding hydrogens is 223 g/mol. The van der Waals surface area contributed by atoms with Gasteiger partial charge < -0.3 is 5.11 Å². The van der Waals surface area contributed by atoms with Crippen molar-refractivity contribution in [1.29, 1.82) is 0 Å². The summed E-state index contributed by atoms with van der Waals surface area (Å²) in [5, 5.41) is 9.15. The van der Waals surface area contributed by atoms with Crippen LogP contribution in [0.25, 0.3) is 0 Å². The molecule has 0 aromatic carbocycles. The summed E-state index contributed by atoms with van der Waals surface area (Å²) in [6.45, 7) is -1.17. The molecule has 0 atom stereocenters. The molecule has 1 aliphatic rings. The van der Waals surface area contributed by atoms with Gasteiger partial charge >= 0.3 is 12.1 Å². The van der Waals surface area contributed by atoms with Crippen molar-refractivity contribution in [3.8, 4) is 0 Å². The lowest BCUT2D eigenvalue weighted by Gasteiger charge is -2.41. The average molecular weight is 239 g/mol. The van der Waals surface area contributed by atoms with Crippen molar-refractivity contribution < 1.29 is 23.1 Å². The first-order chi connectivity index (χ1) is 7.28. The Bertz CT molecular complexity index is 259. The SMILES string of the molecule is CN(CC(F)(F)F)C1(C(=O)O)CCCCC1. The van der Waals surface area contributed by atoms with Gasteiger partial charge in [0.15, 0.2) is 0 Å². The fourth-order valence-corrected chi connectivity index (χ4v) is 2.32. The maximum atomic E-state index is 12.3. The highest BCUT2D eigenvalue weighted by atomic mass is 19.4. The lowest BCUT2D eigenvalue weighted by Crippen LogP contribution is -2.56. The fraction of sp³-hybridized carbons (Fsp3) is 0.900. The predicted molar refractivity (Wildman–Crippen MR) is 52.1 cm³/mol. The first-order valence-corrected chi connectivity index (χ1v) is 5.29. The van der Waals surface area contributed by atoms with Crippen LogP contribution < -0.4 is 0 Å². The Kier molecular flexibility index (Phi) is 3.83. The molecule has 0 unspecified atom stereocenters. The predicted octanol–water partition coefficient (Wildman–Crippen LogP) is 2.27. The number of rotatable bonds is 3. The van der Waals surface area contributed by atoms with E-state index in [4.69, 9.17) is 5.11 Å². The van der Waals surface area contributed by atoms with E-state index in [1.807, 2.05) is 0 Å². The molecule has 0 spiro atoms. The summed E-state index contributed by atoms with van der Waals surface area (Å²) in [5.74, 6) is -1.14. The highest BCUT2D eigenvalue weighted by molar-refractivity contribution is 5.78. The highest BCUT2D eigenvalue weighted by Crippen LogP contribution is 2.34. The van der Waals surface area contributed by atoms with E-state index in [0.717, 1.165) is 11.3 Å².